The molecule has 2 N–H and O–H groups in total. The molecule has 2 aliphatic heterocycles. The Hall–Kier alpha value is -4.78. The summed E-state index contributed by atoms with van der Waals surface area (Å²) in [5.74, 6) is -0.980. The third-order valence-electron chi connectivity index (χ3n) is 13.3. The van der Waals surface area contributed by atoms with E-state index in [0.717, 1.165) is 16.8 Å². The fourth-order valence-corrected chi connectivity index (χ4v) is 10.4. The van der Waals surface area contributed by atoms with Crippen molar-refractivity contribution in [2.75, 3.05) is 28.6 Å². The summed E-state index contributed by atoms with van der Waals surface area (Å²) in [6.45, 7) is 33.9. The highest BCUT2D eigenvalue weighted by Gasteiger charge is 2.48. The highest BCUT2D eigenvalue weighted by atomic mass is 28.4. The number of carbonyl (C=O) groups excluding carboxylic acids is 4. The predicted octanol–water partition coefficient (Wildman–Crippen LogP) is 11.7. The number of anilines is 3. The maximum absolute atomic E-state index is 14.1. The maximum atomic E-state index is 14.1. The molecule has 2 saturated heterocycles. The molecule has 0 unspecified atom stereocenters. The summed E-state index contributed by atoms with van der Waals surface area (Å²) in [6, 6.07) is 19.8. The number of hydrogen-bond donors (Lipinski definition) is 2. The molecule has 0 aromatic heterocycles. The van der Waals surface area contributed by atoms with Crippen LogP contribution in [0.2, 0.25) is 36.3 Å². The van der Waals surface area contributed by atoms with Crippen molar-refractivity contribution in [2.45, 2.75) is 181 Å². The quantitative estimate of drug-likeness (QED) is 0.160. The molecule has 4 atom stereocenters. The molecular weight excluding hydrogens is 898 g/mol. The highest BCUT2D eigenvalue weighted by Crippen LogP contribution is 2.41. The third-order valence-corrected chi connectivity index (χ3v) is 22.4. The van der Waals surface area contributed by atoms with Gasteiger partial charge in [-0.3, -0.25) is 19.4 Å². The number of hydrogen-bond acceptors (Lipinski definition) is 9. The molecular formula is C52H78FN5O8Si2. The van der Waals surface area contributed by atoms with Gasteiger partial charge < -0.3 is 33.9 Å². The molecule has 2 aliphatic rings. The number of nitrogens with zero attached hydrogens (tertiary/aromatic N) is 3. The van der Waals surface area contributed by atoms with Crippen molar-refractivity contribution in [3.8, 4) is 0 Å². The van der Waals surface area contributed by atoms with Crippen LogP contribution in [0.3, 0.4) is 0 Å². The molecule has 3 aromatic rings. The van der Waals surface area contributed by atoms with Crippen LogP contribution in [0.4, 0.5) is 31.0 Å². The van der Waals surface area contributed by atoms with Crippen molar-refractivity contribution in [3.63, 3.8) is 0 Å². The lowest BCUT2D eigenvalue weighted by Gasteiger charge is -2.38. The van der Waals surface area contributed by atoms with Gasteiger partial charge in [0, 0.05) is 56.1 Å². The van der Waals surface area contributed by atoms with E-state index in [1.54, 1.807) is 53.7 Å². The van der Waals surface area contributed by atoms with Crippen molar-refractivity contribution in [3.05, 3.63) is 89.7 Å². The molecule has 5 rings (SSSR count). The van der Waals surface area contributed by atoms with E-state index in [-0.39, 0.29) is 53.0 Å². The van der Waals surface area contributed by atoms with Crippen LogP contribution >= 0.6 is 0 Å². The second kappa shape index (κ2) is 20.7. The lowest BCUT2D eigenvalue weighted by Crippen LogP contribution is -2.46. The number of rotatable bonds is 13. The van der Waals surface area contributed by atoms with Gasteiger partial charge in [0.05, 0.1) is 12.2 Å². The van der Waals surface area contributed by atoms with Crippen LogP contribution in [-0.2, 0) is 41.0 Å². The number of nitrogens with one attached hydrogen (secondary N) is 2. The van der Waals surface area contributed by atoms with Crippen LogP contribution in [0.25, 0.3) is 0 Å². The van der Waals surface area contributed by atoms with Gasteiger partial charge in [-0.1, -0.05) is 65.8 Å². The minimum absolute atomic E-state index is 0.0428. The van der Waals surface area contributed by atoms with E-state index < -0.39 is 52.1 Å². The number of carbonyl (C=O) groups is 4. The summed E-state index contributed by atoms with van der Waals surface area (Å²) < 4.78 is 38.9. The smallest absolute Gasteiger partial charge is 0.411 e. The monoisotopic (exact) mass is 976 g/mol. The maximum Gasteiger partial charge on any atom is 0.411 e. The number of halogens is 1. The van der Waals surface area contributed by atoms with Crippen LogP contribution < -0.4 is 15.5 Å². The van der Waals surface area contributed by atoms with Gasteiger partial charge in [-0.2, -0.15) is 0 Å². The second-order valence-electron chi connectivity index (χ2n) is 23.5. The molecule has 2 fully saturated rings. The minimum Gasteiger partial charge on any atom is -0.444 e. The summed E-state index contributed by atoms with van der Waals surface area (Å²) in [5.41, 5.74) is 2.38. The lowest BCUT2D eigenvalue weighted by molar-refractivity contribution is -0.121. The van der Waals surface area contributed by atoms with Gasteiger partial charge in [0.15, 0.2) is 16.6 Å². The molecule has 374 valence electrons. The summed E-state index contributed by atoms with van der Waals surface area (Å²) in [5, 5.41) is 5.96. The Balaban J connectivity index is 1.27. The molecule has 0 aliphatic carbocycles. The number of ether oxygens (including phenoxy) is 2. The molecule has 68 heavy (non-hydrogen) atoms. The van der Waals surface area contributed by atoms with E-state index in [1.165, 1.54) is 21.9 Å². The summed E-state index contributed by atoms with van der Waals surface area (Å²) in [7, 11) is -4.39. The van der Waals surface area contributed by atoms with Crippen molar-refractivity contribution in [1.82, 2.24) is 9.80 Å². The first-order valence-corrected chi connectivity index (χ1v) is 29.7. The second-order valence-corrected chi connectivity index (χ2v) is 33.0. The van der Waals surface area contributed by atoms with E-state index in [4.69, 9.17) is 18.3 Å². The molecule has 3 aromatic carbocycles. The molecule has 2 heterocycles. The molecule has 4 amide bonds. The molecule has 0 saturated carbocycles. The first-order valence-electron chi connectivity index (χ1n) is 23.9. The van der Waals surface area contributed by atoms with Crippen LogP contribution in [0.15, 0.2) is 72.8 Å². The molecule has 0 radical (unpaired) electrons. The fourth-order valence-electron chi connectivity index (χ4n) is 7.66. The van der Waals surface area contributed by atoms with Crippen LogP contribution in [0.5, 0.6) is 0 Å². The van der Waals surface area contributed by atoms with Crippen molar-refractivity contribution < 1.29 is 41.9 Å². The van der Waals surface area contributed by atoms with Gasteiger partial charge in [0.2, 0.25) is 11.8 Å². The number of benzene rings is 3. The molecule has 16 heteroatoms. The van der Waals surface area contributed by atoms with Crippen molar-refractivity contribution in [1.29, 1.82) is 0 Å². The summed E-state index contributed by atoms with van der Waals surface area (Å²) >= 11 is 0. The van der Waals surface area contributed by atoms with E-state index in [0.29, 0.717) is 37.3 Å². The normalized spacial score (nSPS) is 19.4. The zero-order valence-corrected chi connectivity index (χ0v) is 45.5. The zero-order valence-electron chi connectivity index (χ0n) is 43.5. The first kappa shape index (κ1) is 54.2. The SMILES string of the molecule is CC(C)(C)OC(=O)N1C[C@@H](O[Si](C)(C)C(C)(C)C)C[C@H]1C(=O)Nc1ccc(CN(Cc2ccc(NC(=O)[C@@H]3C[C@H](O[Si](C)(C)C(C)(C)C)CN3C(=O)OC(C)(C)C)cc2)c2ccc(F)cc2)cc1. The Labute approximate surface area is 407 Å². The highest BCUT2D eigenvalue weighted by molar-refractivity contribution is 6.74. The Bertz CT molecular complexity index is 2090. The average Bonchev–Trinajstić information content (AvgIpc) is 3.82. The van der Waals surface area contributed by atoms with Gasteiger partial charge >= 0.3 is 12.2 Å². The molecule has 0 bridgehead atoms. The largest absolute Gasteiger partial charge is 0.444 e. The van der Waals surface area contributed by atoms with E-state index >= 15 is 0 Å². The van der Waals surface area contributed by atoms with E-state index in [1.807, 2.05) is 48.5 Å². The third kappa shape index (κ3) is 14.6. The molecule has 13 nitrogen and oxygen atoms in total. The van der Waals surface area contributed by atoms with Gasteiger partial charge in [0.1, 0.15) is 29.1 Å². The number of likely N-dealkylation sites (tertiary alicyclic amines) is 2. The fraction of sp³-hybridized carbons (Fsp3) is 0.577. The van der Waals surface area contributed by atoms with Crippen molar-refractivity contribution >= 4 is 57.7 Å². The Morgan fingerprint density at radius 2 is 0.912 bits per heavy atom. The van der Waals surface area contributed by atoms with Gasteiger partial charge in [-0.15, -0.1) is 0 Å². The summed E-state index contributed by atoms with van der Waals surface area (Å²) in [6.07, 6.45) is -0.988. The van der Waals surface area contributed by atoms with Crippen LogP contribution in [0.1, 0.15) is 107 Å². The Morgan fingerprint density at radius 1 is 0.574 bits per heavy atom. The predicted molar refractivity (Wildman–Crippen MR) is 273 cm³/mol. The zero-order chi connectivity index (χ0) is 50.8. The van der Waals surface area contributed by atoms with Crippen LogP contribution in [0, 0.1) is 5.82 Å². The Morgan fingerprint density at radius 3 is 1.22 bits per heavy atom. The topological polar surface area (TPSA) is 139 Å². The van der Waals surface area contributed by atoms with E-state index in [2.05, 4.69) is 83.3 Å². The van der Waals surface area contributed by atoms with Crippen molar-refractivity contribution in [2.24, 2.45) is 0 Å². The number of amides is 4. The first-order chi connectivity index (χ1) is 31.2. The van der Waals surface area contributed by atoms with Gasteiger partial charge in [-0.25, -0.2) is 14.0 Å². The minimum atomic E-state index is -2.19. The summed E-state index contributed by atoms with van der Waals surface area (Å²) in [4.78, 5) is 59.7. The molecule has 0 spiro atoms. The van der Waals surface area contributed by atoms with Crippen LogP contribution in [-0.4, -0.2) is 99.0 Å². The lowest BCUT2D eigenvalue weighted by atomic mass is 10.1. The average molecular weight is 976 g/mol. The standard InChI is InChI=1S/C52H78FN5O8Si2/c1-49(2,3)63-47(61)57-33-41(65-67(13,14)51(7,8)9)29-43(57)45(59)54-38-23-17-35(18-24-38)31-56(40-27-21-37(53)22-28-40)32-36-19-25-39(26-20-36)55-46(60)44-30-42(66-68(15,16)52(10,11)12)34-58(44)48(62)64-50(4,5)6/h17-28,41-44H,29-34H2,1-16H3,(H,54,59)(H,55,60)/t41-,42-,43-,44-/m0/s1. The Kier molecular flexibility index (Phi) is 16.5. The van der Waals surface area contributed by atoms with Gasteiger partial charge in [-0.05, 0) is 137 Å². The van der Waals surface area contributed by atoms with Gasteiger partial charge in [0.25, 0.3) is 0 Å². The van der Waals surface area contributed by atoms with E-state index in [9.17, 15) is 23.6 Å².